The summed E-state index contributed by atoms with van der Waals surface area (Å²) < 4.78 is 18.2. The Morgan fingerprint density at radius 2 is 1.79 bits per heavy atom. The van der Waals surface area contributed by atoms with E-state index < -0.39 is 0 Å². The van der Waals surface area contributed by atoms with Gasteiger partial charge in [-0.1, -0.05) is 65.9 Å². The highest BCUT2D eigenvalue weighted by Crippen LogP contribution is 2.38. The number of amides is 1. The Balaban J connectivity index is 1.59. The normalized spacial score (nSPS) is 10.8. The molecule has 0 spiro atoms. The van der Waals surface area contributed by atoms with Gasteiger partial charge in [-0.25, -0.2) is 4.79 Å². The third-order valence-electron chi connectivity index (χ3n) is 6.02. The molecule has 4 aromatic rings. The average molecular weight is 525 g/mol. The van der Waals surface area contributed by atoms with Crippen molar-refractivity contribution < 1.29 is 19.0 Å². The van der Waals surface area contributed by atoms with Crippen molar-refractivity contribution in [2.45, 2.75) is 12.8 Å². The van der Waals surface area contributed by atoms with Gasteiger partial charge in [-0.3, -0.25) is 0 Å². The fourth-order valence-electron chi connectivity index (χ4n) is 4.01. The molecule has 0 unspecified atom stereocenters. The van der Waals surface area contributed by atoms with E-state index in [0.717, 1.165) is 28.9 Å². The van der Waals surface area contributed by atoms with E-state index in [-0.39, 0.29) is 6.03 Å². The van der Waals surface area contributed by atoms with Crippen molar-refractivity contribution in [2.75, 3.05) is 27.4 Å². The maximum Gasteiger partial charge on any atom is 0.344 e. The highest BCUT2D eigenvalue weighted by molar-refractivity contribution is 5.88. The van der Waals surface area contributed by atoms with E-state index in [4.69, 9.17) is 14.2 Å². The Kier molecular flexibility index (Phi) is 9.50. The molecule has 0 fully saturated rings. The Morgan fingerprint density at radius 3 is 2.51 bits per heavy atom. The molecule has 200 valence electrons. The second kappa shape index (κ2) is 13.6. The Labute approximate surface area is 228 Å². The van der Waals surface area contributed by atoms with Gasteiger partial charge in [0.25, 0.3) is 0 Å². The van der Waals surface area contributed by atoms with Crippen molar-refractivity contribution in [1.82, 2.24) is 20.3 Å². The van der Waals surface area contributed by atoms with E-state index in [2.05, 4.69) is 22.2 Å². The zero-order chi connectivity index (χ0) is 27.5. The number of nitrogens with one attached hydrogen (secondary N) is 1. The molecule has 8 heteroatoms. The summed E-state index contributed by atoms with van der Waals surface area (Å²) in [5.41, 5.74) is 4.05. The van der Waals surface area contributed by atoms with Gasteiger partial charge in [-0.2, -0.15) is 4.68 Å². The number of benzene rings is 3. The highest BCUT2D eigenvalue weighted by Gasteiger charge is 2.21. The minimum atomic E-state index is -0.377. The van der Waals surface area contributed by atoms with Crippen LogP contribution in [0.25, 0.3) is 23.4 Å². The summed E-state index contributed by atoms with van der Waals surface area (Å²) in [5, 5.41) is 11.0. The van der Waals surface area contributed by atoms with Crippen LogP contribution >= 0.6 is 0 Å². The van der Waals surface area contributed by atoms with Crippen LogP contribution < -0.4 is 19.5 Å². The third kappa shape index (κ3) is 7.13. The van der Waals surface area contributed by atoms with Crippen molar-refractivity contribution in [3.05, 3.63) is 102 Å². The largest absolute Gasteiger partial charge is 0.497 e. The zero-order valence-electron chi connectivity index (χ0n) is 22.2. The number of carbonyl (C=O) groups is 1. The Morgan fingerprint density at radius 1 is 1.00 bits per heavy atom. The average Bonchev–Trinajstić information content (AvgIpc) is 3.46. The second-order valence-electron chi connectivity index (χ2n) is 8.62. The summed E-state index contributed by atoms with van der Waals surface area (Å²) in [4.78, 5) is 13.1. The number of methoxy groups -OCH3 is 2. The van der Waals surface area contributed by atoms with E-state index >= 15 is 0 Å². The molecular weight excluding hydrogens is 492 g/mol. The van der Waals surface area contributed by atoms with Gasteiger partial charge in [0.2, 0.25) is 0 Å². The molecule has 0 aliphatic rings. The van der Waals surface area contributed by atoms with Gasteiger partial charge in [0.1, 0.15) is 22.9 Å². The monoisotopic (exact) mass is 524 g/mol. The molecule has 39 heavy (non-hydrogen) atoms. The van der Waals surface area contributed by atoms with Crippen molar-refractivity contribution >= 4 is 18.2 Å². The van der Waals surface area contributed by atoms with Gasteiger partial charge in [-0.05, 0) is 47.7 Å². The van der Waals surface area contributed by atoms with E-state index in [1.54, 1.807) is 26.5 Å². The smallest absolute Gasteiger partial charge is 0.344 e. The van der Waals surface area contributed by atoms with Crippen LogP contribution in [0.4, 0.5) is 4.79 Å². The van der Waals surface area contributed by atoms with E-state index in [1.807, 2.05) is 78.9 Å². The fourth-order valence-corrected chi connectivity index (χ4v) is 4.01. The number of carbonyl (C=O) groups excluding carboxylic acids is 1. The minimum absolute atomic E-state index is 0.377. The first kappa shape index (κ1) is 27.2. The molecule has 1 amide bonds. The molecule has 1 N–H and O–H groups in total. The molecule has 0 saturated carbocycles. The van der Waals surface area contributed by atoms with E-state index in [0.29, 0.717) is 42.3 Å². The topological polar surface area (TPSA) is 87.5 Å². The summed E-state index contributed by atoms with van der Waals surface area (Å²) >= 11 is 0. The van der Waals surface area contributed by atoms with Gasteiger partial charge < -0.3 is 19.5 Å². The third-order valence-corrected chi connectivity index (χ3v) is 6.02. The van der Waals surface area contributed by atoms with Crippen molar-refractivity contribution in [1.29, 1.82) is 0 Å². The first-order valence-electron chi connectivity index (χ1n) is 12.6. The molecule has 0 atom stereocenters. The number of hydrogen-bond donors (Lipinski definition) is 1. The number of nitrogens with zero attached hydrogens (tertiary/aromatic N) is 3. The molecule has 0 aliphatic carbocycles. The standard InChI is InChI=1S/C31H32N4O4/c1-4-5-19-39-26-15-12-24(13-16-26)11-14-25-20-27(37-2)21-29(38-3)30(25)28-22-33-34-35(28)31(36)32-18-17-23-9-7-6-8-10-23/h4,6-16,20-22H,1,5,17-19H2,2-3H3,(H,32,36)/b14-11+. The van der Waals surface area contributed by atoms with Crippen LogP contribution in [0.2, 0.25) is 0 Å². The Bertz CT molecular complexity index is 1410. The van der Waals surface area contributed by atoms with Crippen LogP contribution in [0.5, 0.6) is 17.2 Å². The molecule has 0 bridgehead atoms. The first-order valence-corrected chi connectivity index (χ1v) is 12.6. The molecule has 3 aromatic carbocycles. The van der Waals surface area contributed by atoms with Crippen LogP contribution in [-0.2, 0) is 6.42 Å². The molecular formula is C31H32N4O4. The van der Waals surface area contributed by atoms with Crippen LogP contribution in [-0.4, -0.2) is 48.4 Å². The summed E-state index contributed by atoms with van der Waals surface area (Å²) in [6, 6.07) is 21.0. The van der Waals surface area contributed by atoms with Gasteiger partial charge in [0.15, 0.2) is 0 Å². The second-order valence-corrected chi connectivity index (χ2v) is 8.62. The molecule has 8 nitrogen and oxygen atoms in total. The SMILES string of the molecule is C=CCCOc1ccc(/C=C/c2cc(OC)cc(OC)c2-c2cnnn2C(=O)NCCc2ccccc2)cc1. The van der Waals surface area contributed by atoms with Gasteiger partial charge in [-0.15, -0.1) is 11.7 Å². The van der Waals surface area contributed by atoms with E-state index in [9.17, 15) is 4.79 Å². The summed E-state index contributed by atoms with van der Waals surface area (Å²) in [6.07, 6.45) is 8.78. The number of rotatable bonds is 12. The fraction of sp³-hybridized carbons (Fsp3) is 0.194. The predicted molar refractivity (Wildman–Crippen MR) is 153 cm³/mol. The molecule has 4 rings (SSSR count). The lowest BCUT2D eigenvalue weighted by molar-refractivity contribution is 0.239. The summed E-state index contributed by atoms with van der Waals surface area (Å²) in [7, 11) is 3.17. The summed E-state index contributed by atoms with van der Waals surface area (Å²) in [5.74, 6) is 1.94. The number of aromatic nitrogens is 3. The first-order chi connectivity index (χ1) is 19.1. The van der Waals surface area contributed by atoms with Crippen molar-refractivity contribution in [2.24, 2.45) is 0 Å². The summed E-state index contributed by atoms with van der Waals surface area (Å²) in [6.45, 7) is 4.76. The van der Waals surface area contributed by atoms with Gasteiger partial charge >= 0.3 is 6.03 Å². The van der Waals surface area contributed by atoms with Crippen molar-refractivity contribution in [3.8, 4) is 28.5 Å². The van der Waals surface area contributed by atoms with Crippen LogP contribution in [0.15, 0.2) is 85.6 Å². The lowest BCUT2D eigenvalue weighted by atomic mass is 10.0. The Hall–Kier alpha value is -4.85. The van der Waals surface area contributed by atoms with Gasteiger partial charge in [0, 0.05) is 12.6 Å². The minimum Gasteiger partial charge on any atom is -0.497 e. The van der Waals surface area contributed by atoms with Crippen molar-refractivity contribution in [3.63, 3.8) is 0 Å². The molecule has 1 heterocycles. The lowest BCUT2D eigenvalue weighted by Crippen LogP contribution is -2.31. The zero-order valence-corrected chi connectivity index (χ0v) is 22.2. The number of hydrogen-bond acceptors (Lipinski definition) is 6. The maximum absolute atomic E-state index is 13.1. The molecule has 1 aromatic heterocycles. The van der Waals surface area contributed by atoms with Crippen LogP contribution in [0.1, 0.15) is 23.1 Å². The number of ether oxygens (including phenoxy) is 3. The highest BCUT2D eigenvalue weighted by atomic mass is 16.5. The quantitative estimate of drug-likeness (QED) is 0.141. The molecule has 0 aliphatic heterocycles. The predicted octanol–water partition coefficient (Wildman–Crippen LogP) is 5.89. The molecule has 0 saturated heterocycles. The van der Waals surface area contributed by atoms with Gasteiger partial charge in [0.05, 0.1) is 32.6 Å². The van der Waals surface area contributed by atoms with E-state index in [1.165, 1.54) is 4.68 Å². The molecule has 0 radical (unpaired) electrons. The lowest BCUT2D eigenvalue weighted by Gasteiger charge is -2.15. The van der Waals surface area contributed by atoms with Crippen LogP contribution in [0.3, 0.4) is 0 Å². The van der Waals surface area contributed by atoms with Crippen LogP contribution in [0, 0.1) is 0 Å². The maximum atomic E-state index is 13.1.